The number of carbonyl (C=O) groups excluding carboxylic acids is 2. The largest absolute Gasteiger partial charge is 0.341 e. The predicted molar refractivity (Wildman–Crippen MR) is 99.5 cm³/mol. The van der Waals surface area contributed by atoms with E-state index in [0.29, 0.717) is 31.9 Å². The van der Waals surface area contributed by atoms with Crippen molar-refractivity contribution in [2.75, 3.05) is 37.6 Å². The summed E-state index contributed by atoms with van der Waals surface area (Å²) in [7, 11) is 0. The summed E-state index contributed by atoms with van der Waals surface area (Å²) in [5, 5.41) is 0. The molecule has 1 aromatic carbocycles. The van der Waals surface area contributed by atoms with Crippen LogP contribution in [0.4, 0.5) is 11.4 Å². The second-order valence-corrected chi connectivity index (χ2v) is 6.73. The maximum Gasteiger partial charge on any atom is 0.272 e. The fraction of sp³-hybridized carbons (Fsp3) is 0.350. The maximum absolute atomic E-state index is 12.8. The van der Waals surface area contributed by atoms with Gasteiger partial charge in [-0.25, -0.2) is 0 Å². The number of piperazine rings is 1. The Balaban J connectivity index is 1.52. The van der Waals surface area contributed by atoms with E-state index in [9.17, 15) is 9.59 Å². The van der Waals surface area contributed by atoms with Crippen LogP contribution in [0.3, 0.4) is 0 Å². The van der Waals surface area contributed by atoms with Crippen molar-refractivity contribution < 1.29 is 9.59 Å². The molecule has 3 heterocycles. The van der Waals surface area contributed by atoms with Crippen molar-refractivity contribution in [3.8, 4) is 0 Å². The lowest BCUT2D eigenvalue weighted by atomic mass is 10.2. The van der Waals surface area contributed by atoms with Gasteiger partial charge in [-0.3, -0.25) is 14.6 Å². The van der Waals surface area contributed by atoms with Crippen LogP contribution in [0.5, 0.6) is 0 Å². The number of nitrogens with zero attached hydrogens (tertiary/aromatic N) is 4. The van der Waals surface area contributed by atoms with Gasteiger partial charge >= 0.3 is 0 Å². The summed E-state index contributed by atoms with van der Waals surface area (Å²) >= 11 is 0. The van der Waals surface area contributed by atoms with Crippen molar-refractivity contribution in [2.24, 2.45) is 0 Å². The number of amides is 2. The molecule has 0 saturated carbocycles. The van der Waals surface area contributed by atoms with Crippen LogP contribution in [0.1, 0.15) is 23.0 Å². The molecule has 0 spiro atoms. The van der Waals surface area contributed by atoms with Gasteiger partial charge in [-0.15, -0.1) is 0 Å². The summed E-state index contributed by atoms with van der Waals surface area (Å²) in [6, 6.07) is 12.2. The van der Waals surface area contributed by atoms with Gasteiger partial charge in [0.15, 0.2) is 0 Å². The number of pyridine rings is 1. The molecule has 2 amide bonds. The number of anilines is 2. The summed E-state index contributed by atoms with van der Waals surface area (Å²) in [6.07, 6.45) is 2.71. The molecule has 0 bridgehead atoms. The molecule has 1 fully saturated rings. The third kappa shape index (κ3) is 3.03. The first-order valence-electron chi connectivity index (χ1n) is 9.00. The highest BCUT2D eigenvalue weighted by Gasteiger charge is 2.25. The van der Waals surface area contributed by atoms with Gasteiger partial charge in [0.25, 0.3) is 5.91 Å². The molecule has 26 heavy (non-hydrogen) atoms. The first-order chi connectivity index (χ1) is 12.6. The van der Waals surface area contributed by atoms with Crippen molar-refractivity contribution >= 4 is 23.2 Å². The molecule has 2 aromatic rings. The highest BCUT2D eigenvalue weighted by atomic mass is 16.2. The normalized spacial score (nSPS) is 16.6. The van der Waals surface area contributed by atoms with Gasteiger partial charge in [-0.2, -0.15) is 0 Å². The molecule has 0 unspecified atom stereocenters. The lowest BCUT2D eigenvalue weighted by Gasteiger charge is -2.34. The summed E-state index contributed by atoms with van der Waals surface area (Å²) in [4.78, 5) is 34.4. The van der Waals surface area contributed by atoms with Crippen LogP contribution in [0.15, 0.2) is 42.6 Å². The van der Waals surface area contributed by atoms with Crippen LogP contribution >= 0.6 is 0 Å². The van der Waals surface area contributed by atoms with Gasteiger partial charge in [-0.1, -0.05) is 18.2 Å². The quantitative estimate of drug-likeness (QED) is 0.832. The van der Waals surface area contributed by atoms with E-state index in [0.717, 1.165) is 18.7 Å². The van der Waals surface area contributed by atoms with E-state index in [-0.39, 0.29) is 11.8 Å². The average Bonchev–Trinajstić information content (AvgIpc) is 3.12. The second kappa shape index (κ2) is 6.78. The molecule has 0 N–H and O–H groups in total. The molecule has 1 saturated heterocycles. The van der Waals surface area contributed by atoms with Crippen LogP contribution in [-0.4, -0.2) is 59.3 Å². The molecule has 0 atom stereocenters. The fourth-order valence-electron chi connectivity index (χ4n) is 3.70. The minimum Gasteiger partial charge on any atom is -0.341 e. The number of para-hydroxylation sites is 1. The number of hydrogen-bond acceptors (Lipinski definition) is 4. The van der Waals surface area contributed by atoms with Crippen LogP contribution in [0, 0.1) is 0 Å². The summed E-state index contributed by atoms with van der Waals surface area (Å²) in [5.41, 5.74) is 3.99. The number of rotatable bonds is 2. The Morgan fingerprint density at radius 2 is 1.69 bits per heavy atom. The Morgan fingerprint density at radius 1 is 0.962 bits per heavy atom. The Labute approximate surface area is 153 Å². The molecule has 2 aliphatic rings. The Morgan fingerprint density at radius 3 is 2.46 bits per heavy atom. The van der Waals surface area contributed by atoms with E-state index in [1.807, 2.05) is 18.2 Å². The Hall–Kier alpha value is -2.89. The number of fused-ring (bicyclic) bond motifs is 1. The summed E-state index contributed by atoms with van der Waals surface area (Å²) in [6.45, 7) is 4.75. The van der Waals surface area contributed by atoms with Crippen LogP contribution in [0.25, 0.3) is 0 Å². The molecule has 134 valence electrons. The highest BCUT2D eigenvalue weighted by molar-refractivity contribution is 5.93. The topological polar surface area (TPSA) is 56.8 Å². The lowest BCUT2D eigenvalue weighted by Crippen LogP contribution is -2.50. The predicted octanol–water partition coefficient (Wildman–Crippen LogP) is 2.08. The summed E-state index contributed by atoms with van der Waals surface area (Å²) < 4.78 is 0. The zero-order valence-electron chi connectivity index (χ0n) is 14.9. The van der Waals surface area contributed by atoms with Gasteiger partial charge in [0, 0.05) is 57.2 Å². The van der Waals surface area contributed by atoms with Gasteiger partial charge in [-0.05, 0) is 30.2 Å². The number of hydrogen-bond donors (Lipinski definition) is 0. The standard InChI is InChI=1S/C20H22N4O2/c1-15(25)22-10-12-23(13-11-22)20(26)18-14-17(6-8-21-18)24-9-7-16-4-2-3-5-19(16)24/h2-6,8,14H,7,9-13H2,1H3. The van der Waals surface area contributed by atoms with E-state index in [1.54, 1.807) is 22.9 Å². The fourth-order valence-corrected chi connectivity index (χ4v) is 3.70. The van der Waals surface area contributed by atoms with E-state index < -0.39 is 0 Å². The van der Waals surface area contributed by atoms with Crippen LogP contribution < -0.4 is 4.90 Å². The smallest absolute Gasteiger partial charge is 0.272 e. The maximum atomic E-state index is 12.8. The number of carbonyl (C=O) groups is 2. The second-order valence-electron chi connectivity index (χ2n) is 6.73. The third-order valence-corrected chi connectivity index (χ3v) is 5.17. The molecular weight excluding hydrogens is 328 g/mol. The molecule has 1 aromatic heterocycles. The molecule has 0 aliphatic carbocycles. The number of aromatic nitrogens is 1. The molecule has 4 rings (SSSR count). The van der Waals surface area contributed by atoms with Crippen LogP contribution in [-0.2, 0) is 11.2 Å². The van der Waals surface area contributed by atoms with Crippen molar-refractivity contribution in [2.45, 2.75) is 13.3 Å². The third-order valence-electron chi connectivity index (χ3n) is 5.17. The molecule has 6 heteroatoms. The Bertz CT molecular complexity index is 843. The van der Waals surface area contributed by atoms with Gasteiger partial charge in [0.2, 0.25) is 5.91 Å². The minimum absolute atomic E-state index is 0.0601. The van der Waals surface area contributed by atoms with E-state index in [2.05, 4.69) is 28.1 Å². The average molecular weight is 350 g/mol. The van der Waals surface area contributed by atoms with E-state index >= 15 is 0 Å². The van der Waals surface area contributed by atoms with Crippen molar-refractivity contribution in [1.29, 1.82) is 0 Å². The zero-order chi connectivity index (χ0) is 18.1. The lowest BCUT2D eigenvalue weighted by molar-refractivity contribution is -0.130. The molecule has 2 aliphatic heterocycles. The van der Waals surface area contributed by atoms with Gasteiger partial charge in [0.05, 0.1) is 0 Å². The van der Waals surface area contributed by atoms with E-state index in [1.165, 1.54) is 11.3 Å². The molecule has 6 nitrogen and oxygen atoms in total. The molecule has 0 radical (unpaired) electrons. The monoisotopic (exact) mass is 350 g/mol. The van der Waals surface area contributed by atoms with Crippen molar-refractivity contribution in [3.63, 3.8) is 0 Å². The first kappa shape index (κ1) is 16.6. The number of benzene rings is 1. The van der Waals surface area contributed by atoms with Crippen LogP contribution in [0.2, 0.25) is 0 Å². The molecular formula is C20H22N4O2. The van der Waals surface area contributed by atoms with Gasteiger partial charge in [0.1, 0.15) is 5.69 Å². The van der Waals surface area contributed by atoms with Crippen molar-refractivity contribution in [3.05, 3.63) is 53.9 Å². The highest BCUT2D eigenvalue weighted by Crippen LogP contribution is 2.34. The van der Waals surface area contributed by atoms with Gasteiger partial charge < -0.3 is 14.7 Å². The first-order valence-corrected chi connectivity index (χ1v) is 9.00. The minimum atomic E-state index is -0.0671. The van der Waals surface area contributed by atoms with E-state index in [4.69, 9.17) is 0 Å². The van der Waals surface area contributed by atoms with Crippen molar-refractivity contribution in [1.82, 2.24) is 14.8 Å². The zero-order valence-corrected chi connectivity index (χ0v) is 14.9. The Kier molecular flexibility index (Phi) is 4.32. The summed E-state index contributed by atoms with van der Waals surface area (Å²) in [5.74, 6) is -0.00699. The SMILES string of the molecule is CC(=O)N1CCN(C(=O)c2cc(N3CCc4ccccc43)ccn2)CC1.